The number of primary amides is 1. The first-order valence-electron chi connectivity index (χ1n) is 5.02. The molecule has 0 aromatic carbocycles. The van der Waals surface area contributed by atoms with Crippen molar-refractivity contribution < 1.29 is 22.8 Å². The second-order valence-electron chi connectivity index (χ2n) is 4.13. The van der Waals surface area contributed by atoms with Gasteiger partial charge in [0.1, 0.15) is 0 Å². The van der Waals surface area contributed by atoms with Crippen LogP contribution in [-0.2, 0) is 9.59 Å². The fourth-order valence-corrected chi connectivity index (χ4v) is 1.91. The van der Waals surface area contributed by atoms with E-state index < -0.39 is 36.5 Å². The van der Waals surface area contributed by atoms with Crippen molar-refractivity contribution in [1.82, 2.24) is 10.2 Å². The second-order valence-corrected chi connectivity index (χ2v) is 4.13. The van der Waals surface area contributed by atoms with Crippen LogP contribution in [-0.4, -0.2) is 49.6 Å². The SMILES string of the molecule is CN(CC(N)=O)C(=O)C1(C(F)(F)F)CCNC1. The van der Waals surface area contributed by atoms with Crippen molar-refractivity contribution in [1.29, 1.82) is 0 Å². The van der Waals surface area contributed by atoms with E-state index in [1.54, 1.807) is 0 Å². The summed E-state index contributed by atoms with van der Waals surface area (Å²) in [4.78, 5) is 23.1. The van der Waals surface area contributed by atoms with Crippen molar-refractivity contribution >= 4 is 11.8 Å². The summed E-state index contributed by atoms with van der Waals surface area (Å²) < 4.78 is 38.9. The van der Waals surface area contributed by atoms with Gasteiger partial charge in [-0.25, -0.2) is 0 Å². The van der Waals surface area contributed by atoms with E-state index in [-0.39, 0.29) is 13.0 Å². The summed E-state index contributed by atoms with van der Waals surface area (Å²) in [6.45, 7) is -0.856. The van der Waals surface area contributed by atoms with Gasteiger partial charge in [0.25, 0.3) is 0 Å². The van der Waals surface area contributed by atoms with E-state index >= 15 is 0 Å². The van der Waals surface area contributed by atoms with Gasteiger partial charge in [-0.1, -0.05) is 0 Å². The van der Waals surface area contributed by atoms with Gasteiger partial charge < -0.3 is 16.0 Å². The van der Waals surface area contributed by atoms with Crippen molar-refractivity contribution in [3.63, 3.8) is 0 Å². The lowest BCUT2D eigenvalue weighted by molar-refractivity contribution is -0.221. The zero-order valence-electron chi connectivity index (χ0n) is 9.30. The summed E-state index contributed by atoms with van der Waals surface area (Å²) in [6, 6.07) is 0. The van der Waals surface area contributed by atoms with Crippen LogP contribution in [0.3, 0.4) is 0 Å². The Labute approximate surface area is 96.1 Å². The molecule has 0 aliphatic carbocycles. The third-order valence-electron chi connectivity index (χ3n) is 2.85. The predicted octanol–water partition coefficient (Wildman–Crippen LogP) is -0.528. The molecule has 2 amide bonds. The van der Waals surface area contributed by atoms with Crippen molar-refractivity contribution in [3.05, 3.63) is 0 Å². The van der Waals surface area contributed by atoms with Gasteiger partial charge in [0.15, 0.2) is 5.41 Å². The Bertz CT molecular complexity index is 324. The van der Waals surface area contributed by atoms with Crippen molar-refractivity contribution in [3.8, 4) is 0 Å². The first-order valence-corrected chi connectivity index (χ1v) is 5.02. The smallest absolute Gasteiger partial charge is 0.368 e. The molecule has 0 spiro atoms. The number of carbonyl (C=O) groups is 2. The van der Waals surface area contributed by atoms with Crippen molar-refractivity contribution in [2.75, 3.05) is 26.7 Å². The molecule has 0 bridgehead atoms. The predicted molar refractivity (Wildman–Crippen MR) is 52.8 cm³/mol. The number of halogens is 3. The molecule has 1 rings (SSSR count). The molecule has 0 aromatic heterocycles. The topological polar surface area (TPSA) is 75.4 Å². The fourth-order valence-electron chi connectivity index (χ4n) is 1.91. The van der Waals surface area contributed by atoms with Crippen LogP contribution in [0.4, 0.5) is 13.2 Å². The molecule has 8 heteroatoms. The fraction of sp³-hybridized carbons (Fsp3) is 0.778. The molecule has 0 aromatic rings. The lowest BCUT2D eigenvalue weighted by atomic mass is 9.84. The van der Waals surface area contributed by atoms with Gasteiger partial charge in [-0.15, -0.1) is 0 Å². The highest BCUT2D eigenvalue weighted by Gasteiger charge is 2.62. The van der Waals surface area contributed by atoms with Gasteiger partial charge in [-0.2, -0.15) is 13.2 Å². The lowest BCUT2D eigenvalue weighted by Gasteiger charge is -2.32. The first kappa shape index (κ1) is 13.8. The van der Waals surface area contributed by atoms with Crippen LogP contribution in [0.2, 0.25) is 0 Å². The molecule has 3 N–H and O–H groups in total. The molecule has 1 atom stereocenters. The first-order chi connectivity index (χ1) is 7.71. The van der Waals surface area contributed by atoms with Crippen LogP contribution in [0, 0.1) is 5.41 Å². The maximum Gasteiger partial charge on any atom is 0.404 e. The van der Waals surface area contributed by atoms with E-state index in [2.05, 4.69) is 5.32 Å². The largest absolute Gasteiger partial charge is 0.404 e. The molecule has 17 heavy (non-hydrogen) atoms. The third-order valence-corrected chi connectivity index (χ3v) is 2.85. The Morgan fingerprint density at radius 3 is 2.41 bits per heavy atom. The average Bonchev–Trinajstić information content (AvgIpc) is 2.63. The number of nitrogens with two attached hydrogens (primary N) is 1. The number of rotatable bonds is 3. The minimum absolute atomic E-state index is 0.121. The number of likely N-dealkylation sites (N-methyl/N-ethyl adjacent to an activating group) is 1. The van der Waals surface area contributed by atoms with E-state index in [1.165, 1.54) is 0 Å². The summed E-state index contributed by atoms with van der Waals surface area (Å²) >= 11 is 0. The molecule has 5 nitrogen and oxygen atoms in total. The molecular weight excluding hydrogens is 239 g/mol. The summed E-state index contributed by atoms with van der Waals surface area (Å²) in [5.74, 6) is -1.96. The number of carbonyl (C=O) groups excluding carboxylic acids is 2. The van der Waals surface area contributed by atoms with Crippen molar-refractivity contribution in [2.45, 2.75) is 12.6 Å². The van der Waals surface area contributed by atoms with Gasteiger partial charge >= 0.3 is 6.18 Å². The average molecular weight is 253 g/mol. The zero-order valence-corrected chi connectivity index (χ0v) is 9.30. The normalized spacial score (nSPS) is 24.7. The van der Waals surface area contributed by atoms with E-state index in [1.807, 2.05) is 0 Å². The number of hydrogen-bond donors (Lipinski definition) is 2. The summed E-state index contributed by atoms with van der Waals surface area (Å²) in [5, 5.41) is 2.53. The molecule has 0 radical (unpaired) electrons. The van der Waals surface area contributed by atoms with Crippen molar-refractivity contribution in [2.24, 2.45) is 11.1 Å². The number of nitrogens with one attached hydrogen (secondary N) is 1. The van der Waals surface area contributed by atoms with Crippen LogP contribution in [0.25, 0.3) is 0 Å². The highest BCUT2D eigenvalue weighted by Crippen LogP contribution is 2.44. The minimum Gasteiger partial charge on any atom is -0.368 e. The van der Waals surface area contributed by atoms with Gasteiger partial charge in [-0.3, -0.25) is 9.59 Å². The third kappa shape index (κ3) is 2.51. The van der Waals surface area contributed by atoms with Crippen LogP contribution in [0.15, 0.2) is 0 Å². The van der Waals surface area contributed by atoms with Gasteiger partial charge in [0.05, 0.1) is 6.54 Å². The Kier molecular flexibility index (Phi) is 3.65. The summed E-state index contributed by atoms with van der Waals surface area (Å²) in [5.41, 5.74) is 2.42. The molecule has 0 saturated carbocycles. The molecule has 1 unspecified atom stereocenters. The van der Waals surface area contributed by atoms with Crippen LogP contribution in [0.1, 0.15) is 6.42 Å². The molecule has 98 valence electrons. The van der Waals surface area contributed by atoms with Crippen LogP contribution in [0.5, 0.6) is 0 Å². The van der Waals surface area contributed by atoms with Gasteiger partial charge in [0, 0.05) is 13.6 Å². The number of alkyl halides is 3. The lowest BCUT2D eigenvalue weighted by Crippen LogP contribution is -2.53. The van der Waals surface area contributed by atoms with E-state index in [0.29, 0.717) is 0 Å². The monoisotopic (exact) mass is 253 g/mol. The Morgan fingerprint density at radius 1 is 1.47 bits per heavy atom. The molecule has 1 heterocycles. The standard InChI is InChI=1S/C9H14F3N3O2/c1-15(4-6(13)16)7(17)8(9(10,11)12)2-3-14-5-8/h14H,2-5H2,1H3,(H2,13,16). The Morgan fingerprint density at radius 2 is 2.06 bits per heavy atom. The van der Waals surface area contributed by atoms with E-state index in [9.17, 15) is 22.8 Å². The second kappa shape index (κ2) is 4.52. The minimum atomic E-state index is -4.64. The Balaban J connectivity index is 2.93. The number of hydrogen-bond acceptors (Lipinski definition) is 3. The molecule has 1 aliphatic heterocycles. The Hall–Kier alpha value is -1.31. The molecule has 1 saturated heterocycles. The highest BCUT2D eigenvalue weighted by molar-refractivity contribution is 5.88. The van der Waals surface area contributed by atoms with Crippen LogP contribution < -0.4 is 11.1 Å². The maximum absolute atomic E-state index is 13.0. The summed E-state index contributed by atoms with van der Waals surface area (Å²) in [6.07, 6.45) is -4.96. The number of nitrogens with zero attached hydrogens (tertiary/aromatic N) is 1. The summed E-state index contributed by atoms with van der Waals surface area (Å²) in [7, 11) is 1.14. The quantitative estimate of drug-likeness (QED) is 0.710. The van der Waals surface area contributed by atoms with E-state index in [4.69, 9.17) is 5.73 Å². The number of amides is 2. The van der Waals surface area contributed by atoms with Gasteiger partial charge in [-0.05, 0) is 13.0 Å². The maximum atomic E-state index is 13.0. The molecule has 1 aliphatic rings. The zero-order chi connectivity index (χ0) is 13.3. The highest BCUT2D eigenvalue weighted by atomic mass is 19.4. The molecule has 1 fully saturated rings. The van der Waals surface area contributed by atoms with E-state index in [0.717, 1.165) is 11.9 Å². The van der Waals surface area contributed by atoms with Crippen LogP contribution >= 0.6 is 0 Å². The van der Waals surface area contributed by atoms with Gasteiger partial charge in [0.2, 0.25) is 11.8 Å². The molecular formula is C9H14F3N3O2.